The fraction of sp³-hybridized carbons (Fsp3) is 0.667. The maximum Gasteiger partial charge on any atom is 0.0205 e. The first-order valence-corrected chi connectivity index (χ1v) is 8.10. The fourth-order valence-corrected chi connectivity index (χ4v) is 2.94. The molecule has 0 radical (unpaired) electrons. The van der Waals surface area contributed by atoms with E-state index in [9.17, 15) is 0 Å². The molecule has 1 saturated heterocycles. The minimum Gasteiger partial charge on any atom is -0.312 e. The van der Waals surface area contributed by atoms with Crippen molar-refractivity contribution < 1.29 is 0 Å². The van der Waals surface area contributed by atoms with Crippen LogP contribution in [0.2, 0.25) is 0 Å². The molecule has 1 unspecified atom stereocenters. The molecule has 1 fully saturated rings. The molecule has 2 heteroatoms. The average Bonchev–Trinajstić information content (AvgIpc) is 2.88. The number of nitrogens with zero attached hydrogens (tertiary/aromatic N) is 1. The van der Waals surface area contributed by atoms with Gasteiger partial charge in [-0.3, -0.25) is 0 Å². The molecule has 0 amide bonds. The quantitative estimate of drug-likeness (QED) is 0.852. The molecule has 1 aromatic rings. The molecule has 0 bridgehead atoms. The van der Waals surface area contributed by atoms with Crippen molar-refractivity contribution in [2.24, 2.45) is 5.92 Å². The van der Waals surface area contributed by atoms with Crippen LogP contribution in [0.15, 0.2) is 24.3 Å². The van der Waals surface area contributed by atoms with Crippen molar-refractivity contribution in [3.63, 3.8) is 0 Å². The summed E-state index contributed by atoms with van der Waals surface area (Å²) < 4.78 is 0. The number of nitrogens with one attached hydrogen (secondary N) is 1. The van der Waals surface area contributed by atoms with Gasteiger partial charge in [-0.15, -0.1) is 0 Å². The maximum absolute atomic E-state index is 3.63. The molecule has 0 spiro atoms. The van der Waals surface area contributed by atoms with Gasteiger partial charge in [0.1, 0.15) is 0 Å². The Morgan fingerprint density at radius 2 is 1.85 bits per heavy atom. The summed E-state index contributed by atoms with van der Waals surface area (Å²) in [4.78, 5) is 2.59. The lowest BCUT2D eigenvalue weighted by Gasteiger charge is -2.20. The van der Waals surface area contributed by atoms with Gasteiger partial charge in [0.15, 0.2) is 0 Å². The van der Waals surface area contributed by atoms with Crippen LogP contribution in [0.25, 0.3) is 0 Å². The summed E-state index contributed by atoms with van der Waals surface area (Å²) >= 11 is 0. The third kappa shape index (κ3) is 4.32. The summed E-state index contributed by atoms with van der Waals surface area (Å²) in [5.74, 6) is 1.45. The predicted molar refractivity (Wildman–Crippen MR) is 87.1 cm³/mol. The minimum absolute atomic E-state index is 0.623. The van der Waals surface area contributed by atoms with E-state index in [1.165, 1.54) is 30.6 Å². The van der Waals surface area contributed by atoms with Crippen molar-refractivity contribution in [3.05, 3.63) is 35.4 Å². The molecule has 0 aromatic heterocycles. The summed E-state index contributed by atoms with van der Waals surface area (Å²) in [5, 5.41) is 3.63. The van der Waals surface area contributed by atoms with Crippen molar-refractivity contribution in [1.29, 1.82) is 0 Å². The number of likely N-dealkylation sites (tertiary alicyclic amines) is 1. The van der Waals surface area contributed by atoms with E-state index in [0.717, 1.165) is 19.0 Å². The lowest BCUT2D eigenvalue weighted by atomic mass is 10.0. The molecule has 1 N–H and O–H groups in total. The number of rotatable bonds is 6. The van der Waals surface area contributed by atoms with Crippen LogP contribution in [-0.2, 0) is 6.54 Å². The first kappa shape index (κ1) is 15.5. The molecule has 1 aromatic carbocycles. The highest BCUT2D eigenvalue weighted by atomic mass is 15.2. The SMILES string of the molecule is CC(C)c1ccc(CNCC2CCN(C(C)C)C2)cc1. The molecule has 1 aliphatic rings. The van der Waals surface area contributed by atoms with E-state index in [1.807, 2.05) is 0 Å². The van der Waals surface area contributed by atoms with Crippen LogP contribution < -0.4 is 5.32 Å². The van der Waals surface area contributed by atoms with Crippen molar-refractivity contribution in [1.82, 2.24) is 10.2 Å². The Hall–Kier alpha value is -0.860. The number of hydrogen-bond acceptors (Lipinski definition) is 2. The maximum atomic E-state index is 3.63. The van der Waals surface area contributed by atoms with E-state index in [-0.39, 0.29) is 0 Å². The zero-order valence-electron chi connectivity index (χ0n) is 13.5. The highest BCUT2D eigenvalue weighted by molar-refractivity contribution is 5.24. The highest BCUT2D eigenvalue weighted by Gasteiger charge is 2.23. The summed E-state index contributed by atoms with van der Waals surface area (Å²) in [6.45, 7) is 13.8. The number of hydrogen-bond donors (Lipinski definition) is 1. The Morgan fingerprint density at radius 1 is 1.15 bits per heavy atom. The normalized spacial score (nSPS) is 20.2. The van der Waals surface area contributed by atoms with E-state index in [4.69, 9.17) is 0 Å². The Bertz CT molecular complexity index is 394. The van der Waals surface area contributed by atoms with Gasteiger partial charge in [-0.1, -0.05) is 38.1 Å². The van der Waals surface area contributed by atoms with Crippen LogP contribution in [0.4, 0.5) is 0 Å². The van der Waals surface area contributed by atoms with Crippen molar-refractivity contribution in [2.45, 2.75) is 52.6 Å². The van der Waals surface area contributed by atoms with Gasteiger partial charge in [0, 0.05) is 19.1 Å². The Balaban J connectivity index is 1.71. The summed E-state index contributed by atoms with van der Waals surface area (Å²) in [6, 6.07) is 9.74. The standard InChI is InChI=1S/C18H30N2/c1-14(2)18-7-5-16(6-8-18)11-19-12-17-9-10-20(13-17)15(3)4/h5-8,14-15,17,19H,9-13H2,1-4H3. The van der Waals surface area contributed by atoms with Gasteiger partial charge in [-0.25, -0.2) is 0 Å². The van der Waals surface area contributed by atoms with Gasteiger partial charge in [-0.2, -0.15) is 0 Å². The molecule has 2 rings (SSSR count). The Labute approximate surface area is 124 Å². The third-order valence-corrected chi connectivity index (χ3v) is 4.46. The van der Waals surface area contributed by atoms with E-state index in [2.05, 4.69) is 62.2 Å². The average molecular weight is 274 g/mol. The molecule has 0 saturated carbocycles. The number of benzene rings is 1. The second-order valence-corrected chi connectivity index (χ2v) is 6.77. The van der Waals surface area contributed by atoms with Crippen LogP contribution in [0.3, 0.4) is 0 Å². The summed E-state index contributed by atoms with van der Waals surface area (Å²) in [5.41, 5.74) is 2.82. The second kappa shape index (κ2) is 7.24. The lowest BCUT2D eigenvalue weighted by Crippen LogP contribution is -2.30. The molecule has 112 valence electrons. The van der Waals surface area contributed by atoms with Gasteiger partial charge < -0.3 is 10.2 Å². The van der Waals surface area contributed by atoms with Crippen LogP contribution in [0.5, 0.6) is 0 Å². The minimum atomic E-state index is 0.623. The smallest absolute Gasteiger partial charge is 0.0205 e. The van der Waals surface area contributed by atoms with Gasteiger partial charge in [0.25, 0.3) is 0 Å². The predicted octanol–water partition coefficient (Wildman–Crippen LogP) is 3.63. The first-order valence-electron chi connectivity index (χ1n) is 8.10. The van der Waals surface area contributed by atoms with E-state index in [0.29, 0.717) is 12.0 Å². The summed E-state index contributed by atoms with van der Waals surface area (Å²) in [6.07, 6.45) is 1.34. The largest absolute Gasteiger partial charge is 0.312 e. The molecule has 1 atom stereocenters. The topological polar surface area (TPSA) is 15.3 Å². The van der Waals surface area contributed by atoms with Crippen molar-refractivity contribution in [3.8, 4) is 0 Å². The first-order chi connectivity index (χ1) is 9.56. The van der Waals surface area contributed by atoms with Gasteiger partial charge in [0.2, 0.25) is 0 Å². The molecular formula is C18H30N2. The highest BCUT2D eigenvalue weighted by Crippen LogP contribution is 2.18. The van der Waals surface area contributed by atoms with Gasteiger partial charge in [-0.05, 0) is 56.3 Å². The van der Waals surface area contributed by atoms with Gasteiger partial charge >= 0.3 is 0 Å². The molecule has 1 aliphatic heterocycles. The lowest BCUT2D eigenvalue weighted by molar-refractivity contribution is 0.264. The summed E-state index contributed by atoms with van der Waals surface area (Å²) in [7, 11) is 0. The molecule has 2 nitrogen and oxygen atoms in total. The molecule has 1 heterocycles. The zero-order chi connectivity index (χ0) is 14.5. The monoisotopic (exact) mass is 274 g/mol. The fourth-order valence-electron chi connectivity index (χ4n) is 2.94. The van der Waals surface area contributed by atoms with Crippen LogP contribution in [-0.4, -0.2) is 30.6 Å². The second-order valence-electron chi connectivity index (χ2n) is 6.77. The molecule has 0 aliphatic carbocycles. The van der Waals surface area contributed by atoms with Crippen LogP contribution in [0, 0.1) is 5.92 Å². The van der Waals surface area contributed by atoms with E-state index >= 15 is 0 Å². The van der Waals surface area contributed by atoms with Crippen molar-refractivity contribution >= 4 is 0 Å². The van der Waals surface area contributed by atoms with Crippen LogP contribution >= 0.6 is 0 Å². The third-order valence-electron chi connectivity index (χ3n) is 4.46. The zero-order valence-corrected chi connectivity index (χ0v) is 13.5. The molecule has 20 heavy (non-hydrogen) atoms. The molecular weight excluding hydrogens is 244 g/mol. The van der Waals surface area contributed by atoms with Gasteiger partial charge in [0.05, 0.1) is 0 Å². The van der Waals surface area contributed by atoms with Crippen molar-refractivity contribution in [2.75, 3.05) is 19.6 Å². The van der Waals surface area contributed by atoms with Crippen LogP contribution in [0.1, 0.15) is 51.2 Å². The Kier molecular flexibility index (Phi) is 5.62. The Morgan fingerprint density at radius 3 is 2.40 bits per heavy atom. The van der Waals surface area contributed by atoms with E-state index in [1.54, 1.807) is 0 Å². The van der Waals surface area contributed by atoms with E-state index < -0.39 is 0 Å².